The van der Waals surface area contributed by atoms with Crippen LogP contribution in [0.4, 0.5) is 16.4 Å². The molecule has 13 heteroatoms. The molecule has 5 rings (SSSR count). The maximum Gasteiger partial charge on any atom is 0.407 e. The number of ether oxygens (including phenoxy) is 2. The number of hydrogen-bond donors (Lipinski definition) is 2. The summed E-state index contributed by atoms with van der Waals surface area (Å²) < 4.78 is 13.5. The summed E-state index contributed by atoms with van der Waals surface area (Å²) in [5, 5.41) is 12.9. The fourth-order valence-electron chi connectivity index (χ4n) is 5.23. The van der Waals surface area contributed by atoms with E-state index in [1.165, 1.54) is 11.8 Å². The van der Waals surface area contributed by atoms with Crippen molar-refractivity contribution in [3.05, 3.63) is 29.3 Å². The van der Waals surface area contributed by atoms with E-state index in [1.54, 1.807) is 12.5 Å². The van der Waals surface area contributed by atoms with Gasteiger partial charge >= 0.3 is 6.09 Å². The number of halogens is 1. The maximum absolute atomic E-state index is 12.6. The minimum absolute atomic E-state index is 0.0944. The summed E-state index contributed by atoms with van der Waals surface area (Å²) in [4.78, 5) is 24.6. The largest absolute Gasteiger partial charge is 0.444 e. The van der Waals surface area contributed by atoms with Gasteiger partial charge in [-0.1, -0.05) is 23.4 Å². The zero-order valence-electron chi connectivity index (χ0n) is 22.2. The zero-order chi connectivity index (χ0) is 27.2. The van der Waals surface area contributed by atoms with Gasteiger partial charge in [0.15, 0.2) is 5.82 Å². The second-order valence-corrected chi connectivity index (χ2v) is 12.4. The van der Waals surface area contributed by atoms with Gasteiger partial charge in [-0.25, -0.2) is 14.8 Å². The number of carbonyl (C=O) groups excluding carboxylic acids is 1. The number of nitrogen functional groups attached to an aromatic ring is 1. The second kappa shape index (κ2) is 10.0. The number of hydrogen-bond acceptors (Lipinski definition) is 10. The van der Waals surface area contributed by atoms with Gasteiger partial charge in [-0.2, -0.15) is 0 Å². The highest BCUT2D eigenvalue weighted by molar-refractivity contribution is 7.99. The fourth-order valence-corrected chi connectivity index (χ4v) is 6.42. The van der Waals surface area contributed by atoms with E-state index in [0.29, 0.717) is 17.3 Å². The van der Waals surface area contributed by atoms with Gasteiger partial charge in [0.05, 0.1) is 29.5 Å². The molecule has 0 saturated carbocycles. The summed E-state index contributed by atoms with van der Waals surface area (Å²) in [6, 6.07) is 1.70. The van der Waals surface area contributed by atoms with E-state index in [0.717, 1.165) is 47.4 Å². The number of fused-ring (bicyclic) bond motifs is 1. The van der Waals surface area contributed by atoms with Crippen LogP contribution < -0.4 is 16.0 Å². The van der Waals surface area contributed by atoms with Crippen LogP contribution in [0, 0.1) is 12.3 Å². The number of anilines is 2. The third-order valence-corrected chi connectivity index (χ3v) is 8.89. The van der Waals surface area contributed by atoms with Crippen LogP contribution >= 0.6 is 23.4 Å². The summed E-state index contributed by atoms with van der Waals surface area (Å²) in [5.41, 5.74) is 6.67. The molecule has 11 nitrogen and oxygen atoms in total. The number of aromatic nitrogens is 5. The molecule has 0 aliphatic carbocycles. The van der Waals surface area contributed by atoms with Crippen molar-refractivity contribution in [2.45, 2.75) is 75.1 Å². The van der Waals surface area contributed by atoms with Crippen molar-refractivity contribution in [1.29, 1.82) is 0 Å². The van der Waals surface area contributed by atoms with Gasteiger partial charge in [-0.15, -0.1) is 10.2 Å². The lowest BCUT2D eigenvalue weighted by molar-refractivity contribution is 0.0434. The monoisotopic (exact) mass is 560 g/mol. The molecule has 204 valence electrons. The molecule has 3 N–H and O–H groups in total. The molecule has 1 spiro atoms. The number of pyridine rings is 1. The van der Waals surface area contributed by atoms with Gasteiger partial charge < -0.3 is 25.4 Å². The van der Waals surface area contributed by atoms with Crippen molar-refractivity contribution in [2.24, 2.45) is 5.41 Å². The minimum atomic E-state index is -0.559. The lowest BCUT2D eigenvalue weighted by atomic mass is 9.73. The van der Waals surface area contributed by atoms with Crippen LogP contribution in [0.3, 0.4) is 0 Å². The van der Waals surface area contributed by atoms with E-state index in [4.69, 9.17) is 31.8 Å². The molecule has 0 unspecified atom stereocenters. The molecule has 0 radical (unpaired) electrons. The Morgan fingerprint density at radius 2 is 2.08 bits per heavy atom. The number of nitrogens with zero attached hydrogens (tertiary/aromatic N) is 6. The van der Waals surface area contributed by atoms with Gasteiger partial charge in [-0.05, 0) is 53.5 Å². The van der Waals surface area contributed by atoms with E-state index in [1.807, 2.05) is 45.1 Å². The highest BCUT2D eigenvalue weighted by Crippen LogP contribution is 2.44. The second-order valence-electron chi connectivity index (χ2n) is 11.0. The number of alkyl carbamates (subject to hydrolysis) is 1. The van der Waals surface area contributed by atoms with E-state index in [9.17, 15) is 4.79 Å². The number of amides is 1. The molecule has 0 aromatic carbocycles. The van der Waals surface area contributed by atoms with Crippen LogP contribution in [0.5, 0.6) is 0 Å². The van der Waals surface area contributed by atoms with Crippen molar-refractivity contribution in [1.82, 2.24) is 29.9 Å². The molecule has 5 heterocycles. The molecule has 2 saturated heterocycles. The average molecular weight is 561 g/mol. The summed E-state index contributed by atoms with van der Waals surface area (Å²) in [7, 11) is 0. The summed E-state index contributed by atoms with van der Waals surface area (Å²) in [5.74, 6) is 1.06. The normalized spacial score (nSPS) is 21.3. The summed E-state index contributed by atoms with van der Waals surface area (Å²) in [6.07, 6.45) is 4.48. The predicted octanol–water partition coefficient (Wildman–Crippen LogP) is 4.11. The number of carbonyl (C=O) groups is 1. The van der Waals surface area contributed by atoms with Crippen molar-refractivity contribution in [2.75, 3.05) is 30.3 Å². The molecular weight excluding hydrogens is 528 g/mol. The Morgan fingerprint density at radius 3 is 2.79 bits per heavy atom. The minimum Gasteiger partial charge on any atom is -0.444 e. The lowest BCUT2D eigenvalue weighted by Gasteiger charge is -2.43. The molecule has 3 aromatic heterocycles. The Labute approximate surface area is 230 Å². The molecular formula is C25H33ClN8O3S. The topological polar surface area (TPSA) is 133 Å². The smallest absolute Gasteiger partial charge is 0.407 e. The zero-order valence-corrected chi connectivity index (χ0v) is 23.8. The third-order valence-electron chi connectivity index (χ3n) is 7.13. The molecule has 2 fully saturated rings. The number of nitrogens with one attached hydrogen (secondary N) is 1. The first kappa shape index (κ1) is 26.8. The maximum atomic E-state index is 12.6. The lowest BCUT2D eigenvalue weighted by Crippen LogP contribution is -2.55. The first-order valence-electron chi connectivity index (χ1n) is 12.6. The van der Waals surface area contributed by atoms with Gasteiger partial charge in [0.1, 0.15) is 22.8 Å². The van der Waals surface area contributed by atoms with Crippen molar-refractivity contribution < 1.29 is 14.3 Å². The van der Waals surface area contributed by atoms with Crippen molar-refractivity contribution in [3.8, 4) is 0 Å². The standard InChI is InChI=1S/C25H33ClN8O3S/c1-14-22(38-16-6-9-28-19(27)17(16)26)34-13-29-32-21(34)20(30-14)33-10-7-25(8-11-33)12-36-15(2)18(25)31-23(35)37-24(3,4)5/h6,9,13,15,18H,7-8,10-12H2,1-5H3,(H2,27,28)(H,31,35)/t15-,18+/m0/s1. The van der Waals surface area contributed by atoms with Crippen LogP contribution in [0.2, 0.25) is 5.02 Å². The van der Waals surface area contributed by atoms with Gasteiger partial charge in [0.25, 0.3) is 0 Å². The Bertz CT molecular complexity index is 1350. The Morgan fingerprint density at radius 1 is 1.34 bits per heavy atom. The Hall–Kier alpha value is -2.83. The first-order chi connectivity index (χ1) is 18.0. The molecule has 2 aliphatic heterocycles. The first-order valence-corrected chi connectivity index (χ1v) is 13.8. The molecule has 38 heavy (non-hydrogen) atoms. The van der Waals surface area contributed by atoms with Crippen molar-refractivity contribution in [3.63, 3.8) is 0 Å². The van der Waals surface area contributed by atoms with Crippen LogP contribution in [0.25, 0.3) is 5.65 Å². The SMILES string of the molecule is Cc1nc(N2CCC3(CC2)CO[C@@H](C)[C@H]3NC(=O)OC(C)(C)C)c2nncn2c1Sc1ccnc(N)c1Cl. The van der Waals surface area contributed by atoms with Crippen LogP contribution in [0.1, 0.15) is 46.2 Å². The Kier molecular flexibility index (Phi) is 7.08. The van der Waals surface area contributed by atoms with Crippen LogP contribution in [0.15, 0.2) is 28.5 Å². The van der Waals surface area contributed by atoms with E-state index >= 15 is 0 Å². The Balaban J connectivity index is 1.36. The fraction of sp³-hybridized carbons (Fsp3) is 0.560. The molecule has 3 aromatic rings. The summed E-state index contributed by atoms with van der Waals surface area (Å²) in [6.45, 7) is 11.6. The molecule has 2 aliphatic rings. The summed E-state index contributed by atoms with van der Waals surface area (Å²) >= 11 is 7.85. The van der Waals surface area contributed by atoms with E-state index in [2.05, 4.69) is 25.4 Å². The quantitative estimate of drug-likeness (QED) is 0.480. The molecule has 0 bridgehead atoms. The molecule has 1 amide bonds. The van der Waals surface area contributed by atoms with Gasteiger partial charge in [0.2, 0.25) is 5.65 Å². The van der Waals surface area contributed by atoms with Crippen LogP contribution in [-0.4, -0.2) is 68.1 Å². The highest BCUT2D eigenvalue weighted by Gasteiger charge is 2.50. The highest BCUT2D eigenvalue weighted by atomic mass is 35.5. The number of aryl methyl sites for hydroxylation is 1. The molecule has 2 atom stereocenters. The number of rotatable bonds is 4. The third kappa shape index (κ3) is 5.08. The van der Waals surface area contributed by atoms with E-state index in [-0.39, 0.29) is 23.4 Å². The van der Waals surface area contributed by atoms with Gasteiger partial charge in [0, 0.05) is 29.6 Å². The van der Waals surface area contributed by atoms with Crippen molar-refractivity contribution >= 4 is 46.7 Å². The van der Waals surface area contributed by atoms with Crippen LogP contribution in [-0.2, 0) is 9.47 Å². The number of piperidine rings is 1. The average Bonchev–Trinajstić information content (AvgIpc) is 3.44. The predicted molar refractivity (Wildman–Crippen MR) is 146 cm³/mol. The van der Waals surface area contributed by atoms with E-state index < -0.39 is 11.7 Å². The van der Waals surface area contributed by atoms with Gasteiger partial charge in [-0.3, -0.25) is 4.40 Å². The number of nitrogens with two attached hydrogens (primary N) is 1.